The van der Waals surface area contributed by atoms with Gasteiger partial charge in [0.1, 0.15) is 0 Å². The summed E-state index contributed by atoms with van der Waals surface area (Å²) >= 11 is 3.99. The van der Waals surface area contributed by atoms with Gasteiger partial charge in [-0.15, -0.1) is 23.5 Å². The van der Waals surface area contributed by atoms with Crippen LogP contribution in [0.5, 0.6) is 0 Å². The van der Waals surface area contributed by atoms with Crippen molar-refractivity contribution in [2.45, 2.75) is 30.3 Å². The average Bonchev–Trinajstić information content (AvgIpc) is 2.63. The Labute approximate surface area is 152 Å². The third kappa shape index (κ3) is 3.98. The van der Waals surface area contributed by atoms with E-state index in [9.17, 15) is 4.79 Å². The second-order valence-corrected chi connectivity index (χ2v) is 9.22. The molecule has 1 fully saturated rings. The lowest BCUT2D eigenvalue weighted by molar-refractivity contribution is -0.120. The first-order valence-electron chi connectivity index (χ1n) is 8.27. The van der Waals surface area contributed by atoms with Crippen molar-refractivity contribution in [2.75, 3.05) is 16.8 Å². The molecule has 0 aromatic heterocycles. The van der Waals surface area contributed by atoms with Gasteiger partial charge in [0.05, 0.1) is 10.00 Å². The fourth-order valence-corrected chi connectivity index (χ4v) is 5.59. The molecule has 4 heteroatoms. The van der Waals surface area contributed by atoms with E-state index in [-0.39, 0.29) is 5.91 Å². The molecule has 0 radical (unpaired) electrons. The first-order chi connectivity index (χ1) is 11.6. The van der Waals surface area contributed by atoms with Gasteiger partial charge in [0.2, 0.25) is 5.91 Å². The number of amides is 1. The Balaban J connectivity index is 1.74. The summed E-state index contributed by atoms with van der Waals surface area (Å²) in [6.07, 6.45) is 1.29. The van der Waals surface area contributed by atoms with Crippen molar-refractivity contribution in [3.8, 4) is 0 Å². The van der Waals surface area contributed by atoms with E-state index in [0.29, 0.717) is 4.58 Å². The zero-order valence-electron chi connectivity index (χ0n) is 14.1. The van der Waals surface area contributed by atoms with Crippen LogP contribution in [0.3, 0.4) is 0 Å². The Hall–Kier alpha value is -1.39. The highest BCUT2D eigenvalue weighted by Gasteiger charge is 2.29. The molecular weight excluding hydrogens is 334 g/mol. The normalized spacial score (nSPS) is 15.9. The van der Waals surface area contributed by atoms with Gasteiger partial charge in [-0.05, 0) is 55.0 Å². The minimum absolute atomic E-state index is 0.0230. The van der Waals surface area contributed by atoms with E-state index in [1.54, 1.807) is 0 Å². The molecule has 2 nitrogen and oxygen atoms in total. The molecule has 1 heterocycles. The van der Waals surface area contributed by atoms with E-state index in [1.807, 2.05) is 79.8 Å². The molecule has 0 saturated carbocycles. The van der Waals surface area contributed by atoms with E-state index in [2.05, 4.69) is 17.4 Å². The lowest BCUT2D eigenvalue weighted by Crippen LogP contribution is -2.34. The van der Waals surface area contributed by atoms with Crippen LogP contribution >= 0.6 is 23.5 Å². The van der Waals surface area contributed by atoms with Gasteiger partial charge in [-0.1, -0.05) is 42.5 Å². The minimum Gasteiger partial charge on any atom is -0.325 e. The predicted molar refractivity (Wildman–Crippen MR) is 107 cm³/mol. The summed E-state index contributed by atoms with van der Waals surface area (Å²) in [5.41, 5.74) is 2.64. The molecule has 1 saturated heterocycles. The minimum atomic E-state index is -0.564. The number of hydrogen-bond acceptors (Lipinski definition) is 3. The van der Waals surface area contributed by atoms with Gasteiger partial charge in [0.25, 0.3) is 0 Å². The van der Waals surface area contributed by atoms with E-state index >= 15 is 0 Å². The molecule has 1 aliphatic heterocycles. The first-order valence-corrected chi connectivity index (χ1v) is 10.4. The van der Waals surface area contributed by atoms with Crippen LogP contribution in [-0.4, -0.2) is 17.4 Å². The molecule has 0 aliphatic carbocycles. The van der Waals surface area contributed by atoms with Gasteiger partial charge in [0, 0.05) is 5.69 Å². The number of anilines is 1. The van der Waals surface area contributed by atoms with Crippen molar-refractivity contribution in [1.29, 1.82) is 0 Å². The monoisotopic (exact) mass is 357 g/mol. The fraction of sp³-hybridized carbons (Fsp3) is 0.350. The number of carbonyl (C=O) groups is 1. The topological polar surface area (TPSA) is 29.1 Å². The second kappa shape index (κ2) is 7.66. The molecule has 0 spiro atoms. The predicted octanol–water partition coefficient (Wildman–Crippen LogP) is 5.47. The average molecular weight is 358 g/mol. The number of hydrogen-bond donors (Lipinski definition) is 1. The van der Waals surface area contributed by atoms with Crippen LogP contribution in [0.4, 0.5) is 5.69 Å². The number of rotatable bonds is 4. The van der Waals surface area contributed by atoms with Crippen LogP contribution in [0, 0.1) is 0 Å². The van der Waals surface area contributed by atoms with Gasteiger partial charge < -0.3 is 5.32 Å². The molecule has 0 bridgehead atoms. The van der Waals surface area contributed by atoms with Crippen LogP contribution in [0.15, 0.2) is 54.6 Å². The summed E-state index contributed by atoms with van der Waals surface area (Å²) in [6, 6.07) is 18.2. The maximum Gasteiger partial charge on any atom is 0.234 e. The van der Waals surface area contributed by atoms with Gasteiger partial charge in [-0.2, -0.15) is 0 Å². The number of nitrogens with one attached hydrogen (secondary N) is 1. The third-order valence-corrected chi connectivity index (χ3v) is 7.32. The molecule has 0 unspecified atom stereocenters. The Morgan fingerprint density at radius 1 is 1.04 bits per heavy atom. The molecule has 126 valence electrons. The molecule has 1 amide bonds. The van der Waals surface area contributed by atoms with Crippen LogP contribution in [-0.2, 0) is 10.2 Å². The smallest absolute Gasteiger partial charge is 0.234 e. The summed E-state index contributed by atoms with van der Waals surface area (Å²) in [5.74, 6) is 2.46. The molecule has 2 aromatic carbocycles. The van der Waals surface area contributed by atoms with Crippen molar-refractivity contribution in [3.63, 3.8) is 0 Å². The Morgan fingerprint density at radius 2 is 1.75 bits per heavy atom. The Bertz CT molecular complexity index is 694. The standard InChI is InChI=1S/C20H23NOS2/c1-20(2,16-9-4-3-5-10-16)19(22)21-17-11-6-8-15(14-17)18-23-12-7-13-24-18/h3-6,8-11,14,18H,7,12-13H2,1-2H3,(H,21,22). The molecule has 24 heavy (non-hydrogen) atoms. The van der Waals surface area contributed by atoms with Crippen molar-refractivity contribution >= 4 is 35.1 Å². The maximum absolute atomic E-state index is 12.8. The number of carbonyl (C=O) groups excluding carboxylic acids is 1. The summed E-state index contributed by atoms with van der Waals surface area (Å²) in [5, 5.41) is 3.10. The maximum atomic E-state index is 12.8. The Morgan fingerprint density at radius 3 is 2.46 bits per heavy atom. The molecular formula is C20H23NOS2. The summed E-state index contributed by atoms with van der Waals surface area (Å²) < 4.78 is 0.484. The quantitative estimate of drug-likeness (QED) is 0.786. The van der Waals surface area contributed by atoms with Crippen LogP contribution < -0.4 is 5.32 Å². The van der Waals surface area contributed by atoms with Gasteiger partial charge in [-0.3, -0.25) is 4.79 Å². The highest BCUT2D eigenvalue weighted by Crippen LogP contribution is 2.44. The highest BCUT2D eigenvalue weighted by atomic mass is 32.2. The van der Waals surface area contributed by atoms with Crippen molar-refractivity contribution < 1.29 is 4.79 Å². The van der Waals surface area contributed by atoms with E-state index in [4.69, 9.17) is 0 Å². The summed E-state index contributed by atoms with van der Waals surface area (Å²) in [6.45, 7) is 3.93. The van der Waals surface area contributed by atoms with Crippen molar-refractivity contribution in [1.82, 2.24) is 0 Å². The largest absolute Gasteiger partial charge is 0.325 e. The van der Waals surface area contributed by atoms with Crippen molar-refractivity contribution in [3.05, 3.63) is 65.7 Å². The van der Waals surface area contributed by atoms with Gasteiger partial charge >= 0.3 is 0 Å². The summed E-state index contributed by atoms with van der Waals surface area (Å²) in [4.78, 5) is 12.8. The van der Waals surface area contributed by atoms with Gasteiger partial charge in [-0.25, -0.2) is 0 Å². The van der Waals surface area contributed by atoms with Gasteiger partial charge in [0.15, 0.2) is 0 Å². The zero-order valence-corrected chi connectivity index (χ0v) is 15.8. The zero-order chi connectivity index (χ0) is 17.0. The lowest BCUT2D eigenvalue weighted by Gasteiger charge is -2.25. The Kier molecular flexibility index (Phi) is 5.57. The fourth-order valence-electron chi connectivity index (χ4n) is 2.72. The molecule has 3 rings (SSSR count). The number of thioether (sulfide) groups is 2. The third-order valence-electron chi connectivity index (χ3n) is 4.31. The lowest BCUT2D eigenvalue weighted by atomic mass is 9.83. The molecule has 2 aromatic rings. The summed E-state index contributed by atoms with van der Waals surface area (Å²) in [7, 11) is 0. The van der Waals surface area contributed by atoms with Crippen LogP contribution in [0.25, 0.3) is 0 Å². The number of benzene rings is 2. The van der Waals surface area contributed by atoms with Crippen LogP contribution in [0.1, 0.15) is 36.0 Å². The second-order valence-electron chi connectivity index (χ2n) is 6.50. The first kappa shape index (κ1) is 17.4. The van der Waals surface area contributed by atoms with E-state index in [0.717, 1.165) is 11.3 Å². The molecule has 1 N–H and O–H groups in total. The highest BCUT2D eigenvalue weighted by molar-refractivity contribution is 8.16. The van der Waals surface area contributed by atoms with Crippen LogP contribution in [0.2, 0.25) is 0 Å². The molecule has 1 aliphatic rings. The van der Waals surface area contributed by atoms with Crippen molar-refractivity contribution in [2.24, 2.45) is 0 Å². The van der Waals surface area contributed by atoms with E-state index in [1.165, 1.54) is 23.5 Å². The molecule has 0 atom stereocenters. The SMILES string of the molecule is CC(C)(C(=O)Nc1cccc(C2SCCCS2)c1)c1ccccc1. The van der Waals surface area contributed by atoms with E-state index < -0.39 is 5.41 Å².